The summed E-state index contributed by atoms with van der Waals surface area (Å²) in [5.41, 5.74) is 1.08. The third-order valence-corrected chi connectivity index (χ3v) is 7.93. The number of ether oxygens (including phenoxy) is 3. The van der Waals surface area contributed by atoms with Crippen LogP contribution in [0.3, 0.4) is 0 Å². The molecule has 0 aliphatic rings. The van der Waals surface area contributed by atoms with E-state index >= 15 is 0 Å². The van der Waals surface area contributed by atoms with E-state index in [1.54, 1.807) is 14.0 Å². The quantitative estimate of drug-likeness (QED) is 0.410. The molecule has 1 aromatic rings. The number of benzene rings is 1. The van der Waals surface area contributed by atoms with Gasteiger partial charge in [0, 0.05) is 20.3 Å². The number of esters is 1. The van der Waals surface area contributed by atoms with Crippen LogP contribution in [0.25, 0.3) is 0 Å². The summed E-state index contributed by atoms with van der Waals surface area (Å²) < 4.78 is 17.0. The van der Waals surface area contributed by atoms with Crippen LogP contribution in [0.15, 0.2) is 30.3 Å². The summed E-state index contributed by atoms with van der Waals surface area (Å²) in [6, 6.07) is 9.97. The van der Waals surface area contributed by atoms with Crippen LogP contribution in [0.4, 0.5) is 0 Å². The summed E-state index contributed by atoms with van der Waals surface area (Å²) in [5, 5.41) is -0.775. The summed E-state index contributed by atoms with van der Waals surface area (Å²) >= 11 is 0. The van der Waals surface area contributed by atoms with E-state index in [2.05, 4.69) is 24.9 Å². The Labute approximate surface area is 146 Å². The number of hydrogen-bond acceptors (Lipinski definition) is 4. The van der Waals surface area contributed by atoms with E-state index in [1.165, 1.54) is 6.92 Å². The first-order valence-corrected chi connectivity index (χ1v) is 11.3. The van der Waals surface area contributed by atoms with Crippen molar-refractivity contribution < 1.29 is 19.0 Å². The second-order valence-electron chi connectivity index (χ2n) is 6.54. The van der Waals surface area contributed by atoms with Gasteiger partial charge in [0.2, 0.25) is 0 Å². The van der Waals surface area contributed by atoms with Crippen molar-refractivity contribution >= 4 is 14.0 Å². The topological polar surface area (TPSA) is 44.8 Å². The molecule has 0 unspecified atom stereocenters. The zero-order valence-electron chi connectivity index (χ0n) is 15.5. The maximum atomic E-state index is 11.5. The lowest BCUT2D eigenvalue weighted by Crippen LogP contribution is -2.57. The number of carbonyl (C=O) groups excluding carboxylic acids is 1. The summed E-state index contributed by atoms with van der Waals surface area (Å²) in [6.45, 7) is 9.73. The second kappa shape index (κ2) is 9.02. The smallest absolute Gasteiger partial charge is 0.303 e. The number of rotatable bonds is 8. The fraction of sp³-hybridized carbons (Fsp3) is 0.526. The Morgan fingerprint density at radius 1 is 1.29 bits per heavy atom. The van der Waals surface area contributed by atoms with Crippen LogP contribution in [-0.4, -0.2) is 39.2 Å². The van der Waals surface area contributed by atoms with Gasteiger partial charge in [0.25, 0.3) is 0 Å². The Balaban J connectivity index is 2.75. The Bertz CT molecular complexity index is 588. The van der Waals surface area contributed by atoms with Crippen molar-refractivity contribution in [1.82, 2.24) is 0 Å². The highest BCUT2D eigenvalue weighted by atomic mass is 28.3. The van der Waals surface area contributed by atoms with Crippen LogP contribution >= 0.6 is 0 Å². The standard InChI is InChI=1S/C19H28O4Si/c1-7-13-19(3,23-16(2)20)24(5,6)15-22-14-18(21-4)17-11-9-8-10-12-17/h8-12,18H,14-15H2,1-6H3/t18-,19+/m1/s1. The van der Waals surface area contributed by atoms with Gasteiger partial charge < -0.3 is 14.2 Å². The molecule has 0 aliphatic carbocycles. The van der Waals surface area contributed by atoms with Crippen molar-refractivity contribution in [3.05, 3.63) is 35.9 Å². The highest BCUT2D eigenvalue weighted by Gasteiger charge is 2.45. The molecule has 24 heavy (non-hydrogen) atoms. The van der Waals surface area contributed by atoms with Crippen LogP contribution in [0.5, 0.6) is 0 Å². The van der Waals surface area contributed by atoms with Gasteiger partial charge in [-0.3, -0.25) is 4.79 Å². The monoisotopic (exact) mass is 348 g/mol. The van der Waals surface area contributed by atoms with Gasteiger partial charge in [-0.05, 0) is 19.4 Å². The summed E-state index contributed by atoms with van der Waals surface area (Å²) in [7, 11) is -0.440. The fourth-order valence-corrected chi connectivity index (χ4v) is 4.17. The summed E-state index contributed by atoms with van der Waals surface area (Å²) in [4.78, 5) is 11.5. The minimum absolute atomic E-state index is 0.117. The molecule has 0 spiro atoms. The van der Waals surface area contributed by atoms with Gasteiger partial charge in [-0.25, -0.2) is 0 Å². The number of methoxy groups -OCH3 is 1. The molecule has 0 bridgehead atoms. The predicted molar refractivity (Wildman–Crippen MR) is 98.1 cm³/mol. The molecule has 0 saturated heterocycles. The molecule has 4 nitrogen and oxygen atoms in total. The largest absolute Gasteiger partial charge is 0.451 e. The van der Waals surface area contributed by atoms with E-state index < -0.39 is 13.3 Å². The molecule has 0 N–H and O–H groups in total. The molecule has 132 valence electrons. The molecule has 0 amide bonds. The second-order valence-corrected chi connectivity index (χ2v) is 11.5. The van der Waals surface area contributed by atoms with Crippen LogP contribution in [0.1, 0.15) is 32.4 Å². The van der Waals surface area contributed by atoms with Crippen molar-refractivity contribution in [3.63, 3.8) is 0 Å². The van der Waals surface area contributed by atoms with Gasteiger partial charge in [-0.2, -0.15) is 0 Å². The normalized spacial score (nSPS) is 14.9. The fourth-order valence-electron chi connectivity index (χ4n) is 2.39. The average molecular weight is 349 g/mol. The number of hydrogen-bond donors (Lipinski definition) is 0. The van der Waals surface area contributed by atoms with Crippen LogP contribution in [0.2, 0.25) is 13.1 Å². The van der Waals surface area contributed by atoms with Gasteiger partial charge in [-0.15, -0.1) is 5.92 Å². The first kappa shape index (κ1) is 20.4. The molecule has 1 aromatic carbocycles. The van der Waals surface area contributed by atoms with E-state index in [-0.39, 0.29) is 12.1 Å². The predicted octanol–water partition coefficient (Wildman–Crippen LogP) is 3.52. The Morgan fingerprint density at radius 3 is 2.42 bits per heavy atom. The zero-order valence-corrected chi connectivity index (χ0v) is 16.5. The molecule has 2 atom stereocenters. The summed E-state index contributed by atoms with van der Waals surface area (Å²) in [5.74, 6) is 5.64. The molecule has 0 fully saturated rings. The third kappa shape index (κ3) is 5.48. The van der Waals surface area contributed by atoms with Gasteiger partial charge in [0.05, 0.1) is 6.61 Å². The van der Waals surface area contributed by atoms with Crippen molar-refractivity contribution in [2.45, 2.75) is 45.2 Å². The van der Waals surface area contributed by atoms with Gasteiger partial charge in [0.15, 0.2) is 5.22 Å². The van der Waals surface area contributed by atoms with Crippen molar-refractivity contribution in [2.75, 3.05) is 19.9 Å². The molecule has 5 heteroatoms. The lowest BCUT2D eigenvalue weighted by molar-refractivity contribution is -0.146. The van der Waals surface area contributed by atoms with Gasteiger partial charge in [-0.1, -0.05) is 49.3 Å². The molecular weight excluding hydrogens is 320 g/mol. The minimum Gasteiger partial charge on any atom is -0.451 e. The highest BCUT2D eigenvalue weighted by Crippen LogP contribution is 2.26. The van der Waals surface area contributed by atoms with Crippen LogP contribution in [0, 0.1) is 11.8 Å². The SMILES string of the molecule is CC#C[C@@](C)(OC(C)=O)[Si](C)(C)COC[C@@H](OC)c1ccccc1. The van der Waals surface area contributed by atoms with Gasteiger partial charge in [0.1, 0.15) is 14.2 Å². The molecular formula is C19H28O4Si. The molecule has 0 heterocycles. The van der Waals surface area contributed by atoms with Crippen LogP contribution in [-0.2, 0) is 19.0 Å². The minimum atomic E-state index is -2.12. The Morgan fingerprint density at radius 2 is 1.92 bits per heavy atom. The first-order valence-electron chi connectivity index (χ1n) is 8.04. The molecule has 0 aliphatic heterocycles. The maximum absolute atomic E-state index is 11.5. The maximum Gasteiger partial charge on any atom is 0.303 e. The summed E-state index contributed by atoms with van der Waals surface area (Å²) in [6.07, 6.45) is 0.409. The zero-order chi connectivity index (χ0) is 18.2. The molecule has 0 aromatic heterocycles. The first-order chi connectivity index (χ1) is 11.3. The Hall–Kier alpha value is -1.61. The van der Waals surface area contributed by atoms with Crippen LogP contribution < -0.4 is 0 Å². The number of carbonyl (C=O) groups is 1. The van der Waals surface area contributed by atoms with E-state index in [1.807, 2.05) is 37.3 Å². The highest BCUT2D eigenvalue weighted by molar-refractivity contribution is 6.81. The van der Waals surface area contributed by atoms with Crippen molar-refractivity contribution in [2.24, 2.45) is 0 Å². The molecule has 0 radical (unpaired) electrons. The average Bonchev–Trinajstić information content (AvgIpc) is 2.51. The van der Waals surface area contributed by atoms with E-state index in [0.29, 0.717) is 12.8 Å². The van der Waals surface area contributed by atoms with E-state index in [9.17, 15) is 4.79 Å². The van der Waals surface area contributed by atoms with E-state index in [4.69, 9.17) is 14.2 Å². The van der Waals surface area contributed by atoms with Crippen molar-refractivity contribution in [3.8, 4) is 11.8 Å². The van der Waals surface area contributed by atoms with E-state index in [0.717, 1.165) is 5.56 Å². The van der Waals surface area contributed by atoms with Crippen molar-refractivity contribution in [1.29, 1.82) is 0 Å². The van der Waals surface area contributed by atoms with Gasteiger partial charge >= 0.3 is 5.97 Å². The Kier molecular flexibility index (Phi) is 7.68. The lowest BCUT2D eigenvalue weighted by atomic mass is 10.1. The molecule has 1 rings (SSSR count). The third-order valence-electron chi connectivity index (χ3n) is 4.19. The molecule has 0 saturated carbocycles. The lowest BCUT2D eigenvalue weighted by Gasteiger charge is -2.37.